The number of nitrogens with zero attached hydrogens (tertiary/aromatic N) is 6. The molecule has 7 nitrogen and oxygen atoms in total. The molecule has 1 aliphatic heterocycles. The van der Waals surface area contributed by atoms with E-state index >= 15 is 0 Å². The largest absolute Gasteiger partial charge is 0.368 e. The molecule has 1 fully saturated rings. The topological polar surface area (TPSA) is 60.4 Å². The molecular formula is C18H26ClN7. The Hall–Kier alpha value is -2.12. The second-order valence-corrected chi connectivity index (χ2v) is 7.11. The first-order valence-corrected chi connectivity index (χ1v) is 9.33. The average Bonchev–Trinajstić information content (AvgIpc) is 2.65. The van der Waals surface area contributed by atoms with Gasteiger partial charge in [0.05, 0.1) is 6.20 Å². The van der Waals surface area contributed by atoms with E-state index in [9.17, 15) is 0 Å². The first-order chi connectivity index (χ1) is 12.6. The molecule has 140 valence electrons. The van der Waals surface area contributed by atoms with E-state index in [-0.39, 0.29) is 0 Å². The molecule has 0 unspecified atom stereocenters. The first kappa shape index (κ1) is 18.7. The van der Waals surface area contributed by atoms with Gasteiger partial charge in [0.15, 0.2) is 5.82 Å². The van der Waals surface area contributed by atoms with Crippen molar-refractivity contribution in [3.05, 3.63) is 35.5 Å². The van der Waals surface area contributed by atoms with Crippen molar-refractivity contribution in [2.45, 2.75) is 6.42 Å². The van der Waals surface area contributed by atoms with E-state index < -0.39 is 0 Å². The zero-order valence-electron chi connectivity index (χ0n) is 15.4. The van der Waals surface area contributed by atoms with E-state index in [4.69, 9.17) is 11.6 Å². The summed E-state index contributed by atoms with van der Waals surface area (Å²) in [5.74, 6) is 1.47. The lowest BCUT2D eigenvalue weighted by Gasteiger charge is -2.36. The Balaban J connectivity index is 1.53. The maximum Gasteiger partial charge on any atom is 0.244 e. The maximum atomic E-state index is 6.10. The molecule has 1 aromatic heterocycles. The second-order valence-electron chi connectivity index (χ2n) is 6.68. The van der Waals surface area contributed by atoms with Gasteiger partial charge in [0.2, 0.25) is 5.95 Å². The molecule has 0 radical (unpaired) electrons. The standard InChI is InChI=1S/C18H26ClN7/c1-24(2)8-4-7-20-18-22-17(14-21-23-18)26-11-9-25(10-12-26)16-6-3-5-15(19)13-16/h3,5-6,13-14H,4,7-12H2,1-2H3,(H,20,22,23). The van der Waals surface area contributed by atoms with E-state index in [1.54, 1.807) is 6.20 Å². The molecule has 3 rings (SSSR count). The molecule has 2 heterocycles. The van der Waals surface area contributed by atoms with Crippen LogP contribution in [0.3, 0.4) is 0 Å². The molecular weight excluding hydrogens is 350 g/mol. The molecule has 26 heavy (non-hydrogen) atoms. The highest BCUT2D eigenvalue weighted by atomic mass is 35.5. The summed E-state index contributed by atoms with van der Waals surface area (Å²) in [5.41, 5.74) is 1.17. The molecule has 0 aliphatic carbocycles. The normalized spacial score (nSPS) is 14.8. The van der Waals surface area contributed by atoms with Crippen LogP contribution in [0.5, 0.6) is 0 Å². The average molecular weight is 376 g/mol. The van der Waals surface area contributed by atoms with Crippen molar-refractivity contribution >= 4 is 29.1 Å². The fourth-order valence-electron chi connectivity index (χ4n) is 2.98. The summed E-state index contributed by atoms with van der Waals surface area (Å²) >= 11 is 6.10. The Morgan fingerprint density at radius 1 is 1.15 bits per heavy atom. The number of anilines is 3. The van der Waals surface area contributed by atoms with Crippen LogP contribution < -0.4 is 15.1 Å². The summed E-state index contributed by atoms with van der Waals surface area (Å²) in [6, 6.07) is 8.01. The van der Waals surface area contributed by atoms with Gasteiger partial charge in [-0.1, -0.05) is 17.7 Å². The molecule has 0 bridgehead atoms. The van der Waals surface area contributed by atoms with Gasteiger partial charge < -0.3 is 20.0 Å². The smallest absolute Gasteiger partial charge is 0.244 e. The second kappa shape index (κ2) is 9.00. The maximum absolute atomic E-state index is 6.10. The van der Waals surface area contributed by atoms with Crippen molar-refractivity contribution in [3.8, 4) is 0 Å². The molecule has 8 heteroatoms. The third kappa shape index (κ3) is 5.19. The molecule has 0 saturated carbocycles. The monoisotopic (exact) mass is 375 g/mol. The van der Waals surface area contributed by atoms with Gasteiger partial charge in [0.1, 0.15) is 0 Å². The predicted molar refractivity (Wildman–Crippen MR) is 107 cm³/mol. The van der Waals surface area contributed by atoms with Gasteiger partial charge in [-0.05, 0) is 45.3 Å². The first-order valence-electron chi connectivity index (χ1n) is 8.95. The molecule has 0 amide bonds. The number of hydrogen-bond acceptors (Lipinski definition) is 7. The van der Waals surface area contributed by atoms with E-state index in [0.717, 1.165) is 56.5 Å². The Bertz CT molecular complexity index is 701. The lowest BCUT2D eigenvalue weighted by molar-refractivity contribution is 0.405. The van der Waals surface area contributed by atoms with Crippen LogP contribution in [0, 0.1) is 0 Å². The summed E-state index contributed by atoms with van der Waals surface area (Å²) in [6.07, 6.45) is 2.78. The van der Waals surface area contributed by atoms with Crippen molar-refractivity contribution in [2.75, 3.05) is 68.5 Å². The van der Waals surface area contributed by atoms with Crippen LogP contribution in [0.4, 0.5) is 17.5 Å². The SMILES string of the molecule is CN(C)CCCNc1nncc(N2CCN(c3cccc(Cl)c3)CC2)n1. The minimum atomic E-state index is 0.596. The Morgan fingerprint density at radius 3 is 2.65 bits per heavy atom. The number of benzene rings is 1. The van der Waals surface area contributed by atoms with Crippen LogP contribution >= 0.6 is 11.6 Å². The number of halogens is 1. The van der Waals surface area contributed by atoms with E-state index in [0.29, 0.717) is 5.95 Å². The molecule has 1 saturated heterocycles. The van der Waals surface area contributed by atoms with Crippen molar-refractivity contribution in [1.82, 2.24) is 20.1 Å². The van der Waals surface area contributed by atoms with Crippen molar-refractivity contribution in [3.63, 3.8) is 0 Å². The molecule has 1 aliphatic rings. The van der Waals surface area contributed by atoms with Crippen LogP contribution in [0.1, 0.15) is 6.42 Å². The summed E-state index contributed by atoms with van der Waals surface area (Å²) in [6.45, 7) is 5.51. The highest BCUT2D eigenvalue weighted by Crippen LogP contribution is 2.22. The quantitative estimate of drug-likeness (QED) is 0.744. The summed E-state index contributed by atoms with van der Waals surface area (Å²) in [5, 5.41) is 12.2. The van der Waals surface area contributed by atoms with Crippen molar-refractivity contribution in [1.29, 1.82) is 0 Å². The molecule has 1 N–H and O–H groups in total. The highest BCUT2D eigenvalue weighted by molar-refractivity contribution is 6.30. The number of hydrogen-bond donors (Lipinski definition) is 1. The van der Waals surface area contributed by atoms with Crippen LogP contribution in [-0.2, 0) is 0 Å². The number of rotatable bonds is 7. The van der Waals surface area contributed by atoms with Crippen LogP contribution in [0.2, 0.25) is 5.02 Å². The predicted octanol–water partition coefficient (Wildman–Crippen LogP) is 2.22. The number of piperazine rings is 1. The van der Waals surface area contributed by atoms with Gasteiger partial charge in [-0.3, -0.25) is 0 Å². The summed E-state index contributed by atoms with van der Waals surface area (Å²) in [7, 11) is 4.14. The zero-order chi connectivity index (χ0) is 18.4. The summed E-state index contributed by atoms with van der Waals surface area (Å²) < 4.78 is 0. The molecule has 2 aromatic rings. The fourth-order valence-corrected chi connectivity index (χ4v) is 3.17. The van der Waals surface area contributed by atoms with E-state index in [1.165, 1.54) is 5.69 Å². The number of aromatic nitrogens is 3. The molecule has 0 atom stereocenters. The van der Waals surface area contributed by atoms with Crippen molar-refractivity contribution < 1.29 is 0 Å². The van der Waals surface area contributed by atoms with Gasteiger partial charge in [-0.25, -0.2) is 0 Å². The lowest BCUT2D eigenvalue weighted by Crippen LogP contribution is -2.47. The minimum absolute atomic E-state index is 0.596. The fraction of sp³-hybridized carbons (Fsp3) is 0.500. The van der Waals surface area contributed by atoms with Crippen LogP contribution in [0.15, 0.2) is 30.5 Å². The molecule has 1 aromatic carbocycles. The van der Waals surface area contributed by atoms with Gasteiger partial charge in [0, 0.05) is 43.4 Å². The van der Waals surface area contributed by atoms with Crippen molar-refractivity contribution in [2.24, 2.45) is 0 Å². The summed E-state index contributed by atoms with van der Waals surface area (Å²) in [4.78, 5) is 11.4. The Labute approximate surface area is 160 Å². The zero-order valence-corrected chi connectivity index (χ0v) is 16.2. The van der Waals surface area contributed by atoms with E-state index in [2.05, 4.69) is 55.4 Å². The third-order valence-electron chi connectivity index (χ3n) is 4.39. The van der Waals surface area contributed by atoms with Crippen LogP contribution in [-0.4, -0.2) is 73.4 Å². The van der Waals surface area contributed by atoms with Gasteiger partial charge >= 0.3 is 0 Å². The third-order valence-corrected chi connectivity index (χ3v) is 4.62. The molecule has 0 spiro atoms. The van der Waals surface area contributed by atoms with E-state index in [1.807, 2.05) is 18.2 Å². The van der Waals surface area contributed by atoms with Gasteiger partial charge in [-0.2, -0.15) is 10.1 Å². The Kier molecular flexibility index (Phi) is 6.46. The Morgan fingerprint density at radius 2 is 1.92 bits per heavy atom. The van der Waals surface area contributed by atoms with Gasteiger partial charge in [0.25, 0.3) is 0 Å². The lowest BCUT2D eigenvalue weighted by atomic mass is 10.2. The number of nitrogens with one attached hydrogen (secondary N) is 1. The minimum Gasteiger partial charge on any atom is -0.368 e. The highest BCUT2D eigenvalue weighted by Gasteiger charge is 2.19. The van der Waals surface area contributed by atoms with Gasteiger partial charge in [-0.15, -0.1) is 5.10 Å². The van der Waals surface area contributed by atoms with Crippen LogP contribution in [0.25, 0.3) is 0 Å².